The number of carbonyl (C=O) groups is 2. The van der Waals surface area contributed by atoms with Crippen molar-refractivity contribution in [3.63, 3.8) is 0 Å². The van der Waals surface area contributed by atoms with Gasteiger partial charge in [-0.25, -0.2) is 9.59 Å². The van der Waals surface area contributed by atoms with Crippen molar-refractivity contribution in [3.05, 3.63) is 0 Å². The normalized spacial score (nSPS) is 22.9. The van der Waals surface area contributed by atoms with Crippen LogP contribution in [0.25, 0.3) is 0 Å². The molecule has 0 aromatic rings. The van der Waals surface area contributed by atoms with E-state index in [2.05, 4.69) is 0 Å². The average Bonchev–Trinajstić information content (AvgIpc) is 2.68. The molecule has 6 heteroatoms. The highest BCUT2D eigenvalue weighted by atomic mass is 16.6. The summed E-state index contributed by atoms with van der Waals surface area (Å²) in [6.45, 7) is 14.9. The molecular formula is C16H29NO5. The first-order chi connectivity index (χ1) is 9.83. The van der Waals surface area contributed by atoms with Crippen molar-refractivity contribution in [1.29, 1.82) is 0 Å². The third-order valence-corrected chi connectivity index (χ3v) is 2.97. The molecule has 22 heavy (non-hydrogen) atoms. The second-order valence-electron chi connectivity index (χ2n) is 7.94. The van der Waals surface area contributed by atoms with E-state index in [4.69, 9.17) is 14.2 Å². The number of amides is 1. The summed E-state index contributed by atoms with van der Waals surface area (Å²) < 4.78 is 16.4. The van der Waals surface area contributed by atoms with Crippen LogP contribution >= 0.6 is 0 Å². The van der Waals surface area contributed by atoms with Crippen LogP contribution in [0.3, 0.4) is 0 Å². The van der Waals surface area contributed by atoms with Crippen LogP contribution in [0.1, 0.15) is 55.4 Å². The van der Waals surface area contributed by atoms with E-state index in [1.54, 1.807) is 34.6 Å². The first kappa shape index (κ1) is 18.7. The van der Waals surface area contributed by atoms with Crippen LogP contribution in [0.2, 0.25) is 0 Å². The Morgan fingerprint density at radius 1 is 1.14 bits per heavy atom. The highest BCUT2D eigenvalue weighted by Gasteiger charge is 2.49. The molecule has 2 atom stereocenters. The highest BCUT2D eigenvalue weighted by molar-refractivity contribution is 5.82. The van der Waals surface area contributed by atoms with Crippen molar-refractivity contribution < 1.29 is 23.8 Å². The average molecular weight is 315 g/mol. The van der Waals surface area contributed by atoms with Gasteiger partial charge in [0.15, 0.2) is 6.04 Å². The van der Waals surface area contributed by atoms with E-state index in [9.17, 15) is 9.59 Å². The van der Waals surface area contributed by atoms with Crippen LogP contribution in [0.4, 0.5) is 4.79 Å². The Balaban J connectivity index is 3.02. The van der Waals surface area contributed by atoms with Crippen molar-refractivity contribution in [3.8, 4) is 0 Å². The van der Waals surface area contributed by atoms with Crippen LogP contribution in [-0.2, 0) is 19.0 Å². The Kier molecular flexibility index (Phi) is 5.49. The smallest absolute Gasteiger partial charge is 0.413 e. The number of hydrogen-bond acceptors (Lipinski definition) is 5. The van der Waals surface area contributed by atoms with E-state index in [1.165, 1.54) is 4.90 Å². The summed E-state index contributed by atoms with van der Waals surface area (Å²) in [6.07, 6.45) is -1.34. The minimum Gasteiger partial charge on any atom is -0.461 e. The SMILES string of the molecule is CC(C)OC(=O)[C@H]1CO[C@@H](C(C)(C)C)N1C(=O)OC(C)(C)C. The van der Waals surface area contributed by atoms with Gasteiger partial charge in [0.1, 0.15) is 11.8 Å². The summed E-state index contributed by atoms with van der Waals surface area (Å²) in [4.78, 5) is 26.2. The van der Waals surface area contributed by atoms with Gasteiger partial charge < -0.3 is 14.2 Å². The zero-order chi connectivity index (χ0) is 17.3. The molecule has 0 unspecified atom stereocenters. The van der Waals surface area contributed by atoms with E-state index in [-0.39, 0.29) is 18.1 Å². The summed E-state index contributed by atoms with van der Waals surface area (Å²) in [6, 6.07) is -0.776. The van der Waals surface area contributed by atoms with E-state index < -0.39 is 29.9 Å². The van der Waals surface area contributed by atoms with Gasteiger partial charge in [0.2, 0.25) is 0 Å². The molecule has 0 bridgehead atoms. The molecule has 0 spiro atoms. The summed E-state index contributed by atoms with van der Waals surface area (Å²) >= 11 is 0. The molecule has 0 aliphatic carbocycles. The standard InChI is InChI=1S/C16H29NO5/c1-10(2)21-12(18)11-9-20-13(15(3,4)5)17(11)14(19)22-16(6,7)8/h10-11,13H,9H2,1-8H3/t11-,13+/m1/s1. The third kappa shape index (κ3) is 4.87. The van der Waals surface area contributed by atoms with Gasteiger partial charge >= 0.3 is 12.1 Å². The molecule has 6 nitrogen and oxygen atoms in total. The lowest BCUT2D eigenvalue weighted by molar-refractivity contribution is -0.153. The Morgan fingerprint density at radius 2 is 1.68 bits per heavy atom. The number of rotatable bonds is 2. The van der Waals surface area contributed by atoms with Gasteiger partial charge in [-0.3, -0.25) is 4.90 Å². The van der Waals surface area contributed by atoms with Crippen LogP contribution < -0.4 is 0 Å². The van der Waals surface area contributed by atoms with Crippen LogP contribution in [-0.4, -0.2) is 47.5 Å². The molecule has 0 N–H and O–H groups in total. The van der Waals surface area contributed by atoms with Gasteiger partial charge in [-0.05, 0) is 34.6 Å². The van der Waals surface area contributed by atoms with Crippen LogP contribution in [0.5, 0.6) is 0 Å². The van der Waals surface area contributed by atoms with Gasteiger partial charge in [-0.15, -0.1) is 0 Å². The molecular weight excluding hydrogens is 286 g/mol. The number of ether oxygens (including phenoxy) is 3. The second kappa shape index (κ2) is 6.44. The van der Waals surface area contributed by atoms with E-state index in [0.29, 0.717) is 0 Å². The summed E-state index contributed by atoms with van der Waals surface area (Å²) in [5.41, 5.74) is -0.988. The summed E-state index contributed by atoms with van der Waals surface area (Å²) in [5.74, 6) is -0.465. The maximum atomic E-state index is 12.5. The quantitative estimate of drug-likeness (QED) is 0.733. The summed E-state index contributed by atoms with van der Waals surface area (Å²) in [7, 11) is 0. The van der Waals surface area contributed by atoms with Crippen molar-refractivity contribution >= 4 is 12.1 Å². The molecule has 1 heterocycles. The molecule has 0 radical (unpaired) electrons. The Morgan fingerprint density at radius 3 is 2.09 bits per heavy atom. The van der Waals surface area contributed by atoms with E-state index >= 15 is 0 Å². The van der Waals surface area contributed by atoms with Gasteiger partial charge in [0.05, 0.1) is 12.7 Å². The number of carbonyl (C=O) groups excluding carboxylic acids is 2. The fourth-order valence-corrected chi connectivity index (χ4v) is 2.20. The molecule has 0 saturated carbocycles. The fourth-order valence-electron chi connectivity index (χ4n) is 2.20. The first-order valence-electron chi connectivity index (χ1n) is 7.66. The Labute approximate surface area is 133 Å². The van der Waals surface area contributed by atoms with E-state index in [0.717, 1.165) is 0 Å². The molecule has 1 aliphatic heterocycles. The molecule has 1 saturated heterocycles. The number of esters is 1. The maximum Gasteiger partial charge on any atom is 0.413 e. The zero-order valence-electron chi connectivity index (χ0n) is 14.9. The molecule has 1 aliphatic rings. The van der Waals surface area contributed by atoms with Gasteiger partial charge in [-0.1, -0.05) is 20.8 Å². The van der Waals surface area contributed by atoms with Crippen molar-refractivity contribution in [2.45, 2.75) is 79.4 Å². The molecule has 0 aromatic carbocycles. The maximum absolute atomic E-state index is 12.5. The predicted octanol–water partition coefficient (Wildman–Crippen LogP) is 2.95. The third-order valence-electron chi connectivity index (χ3n) is 2.97. The number of hydrogen-bond donors (Lipinski definition) is 0. The molecule has 0 aromatic heterocycles. The molecule has 128 valence electrons. The minimum absolute atomic E-state index is 0.118. The van der Waals surface area contributed by atoms with Crippen molar-refractivity contribution in [1.82, 2.24) is 4.90 Å². The minimum atomic E-state index is -0.776. The lowest BCUT2D eigenvalue weighted by Crippen LogP contribution is -2.52. The van der Waals surface area contributed by atoms with Crippen molar-refractivity contribution in [2.24, 2.45) is 5.41 Å². The highest BCUT2D eigenvalue weighted by Crippen LogP contribution is 2.33. The fraction of sp³-hybridized carbons (Fsp3) is 0.875. The zero-order valence-corrected chi connectivity index (χ0v) is 14.9. The molecule has 1 rings (SSSR count). The number of nitrogens with zero attached hydrogens (tertiary/aromatic N) is 1. The van der Waals surface area contributed by atoms with Crippen molar-refractivity contribution in [2.75, 3.05) is 6.61 Å². The lowest BCUT2D eigenvalue weighted by atomic mass is 9.93. The topological polar surface area (TPSA) is 65.1 Å². The first-order valence-corrected chi connectivity index (χ1v) is 7.66. The summed E-state index contributed by atoms with van der Waals surface area (Å²) in [5, 5.41) is 0. The Bertz CT molecular complexity index is 419. The Hall–Kier alpha value is -1.30. The molecule has 1 fully saturated rings. The van der Waals surface area contributed by atoms with Gasteiger partial charge in [-0.2, -0.15) is 0 Å². The van der Waals surface area contributed by atoms with Gasteiger partial charge in [0.25, 0.3) is 0 Å². The van der Waals surface area contributed by atoms with Gasteiger partial charge in [0, 0.05) is 5.41 Å². The van der Waals surface area contributed by atoms with E-state index in [1.807, 2.05) is 20.8 Å². The van der Waals surface area contributed by atoms with Crippen LogP contribution in [0, 0.1) is 5.41 Å². The monoisotopic (exact) mass is 315 g/mol. The molecule has 1 amide bonds. The van der Waals surface area contributed by atoms with Crippen LogP contribution in [0.15, 0.2) is 0 Å². The lowest BCUT2D eigenvalue weighted by Gasteiger charge is -2.36. The second-order valence-corrected chi connectivity index (χ2v) is 7.94. The largest absolute Gasteiger partial charge is 0.461 e. The predicted molar refractivity (Wildman–Crippen MR) is 82.3 cm³/mol.